The van der Waals surface area contributed by atoms with Gasteiger partial charge in [0.2, 0.25) is 18.9 Å². The molecule has 5 aliphatic rings. The van der Waals surface area contributed by atoms with Gasteiger partial charge in [0.1, 0.15) is 146 Å². The van der Waals surface area contributed by atoms with E-state index in [1.165, 1.54) is 85.0 Å². The van der Waals surface area contributed by atoms with Crippen molar-refractivity contribution in [2.75, 3.05) is 26.4 Å². The van der Waals surface area contributed by atoms with Crippen molar-refractivity contribution >= 4 is 42.2 Å². The van der Waals surface area contributed by atoms with E-state index < -0.39 is 202 Å². The predicted octanol–water partition coefficient (Wildman–Crippen LogP) is -1.81. The highest BCUT2D eigenvalue weighted by Crippen LogP contribution is 2.47. The number of phenolic OH excluding ortho intramolecular Hbond substituents is 6. The SMILES string of the molecule is O=C(C=Cc1ccc(O)cc1)OCC1OC(Oc2ccc(C=CC(=O)OCC3OC(OC4=Cc5c(cc(O)cc5OC5OC(CO)C(O)C(O)C5O)OC4c4ccc(O)c(O)c4)C(OC4OC(COC(=O)C=Cc5ccc(O)cc5)C(O)C(O)C4O)C(O)C3O)cc2O)C(O)C(O)C1O. The molecule has 5 aromatic carbocycles. The lowest BCUT2D eigenvalue weighted by Crippen LogP contribution is -2.64. The predicted molar refractivity (Wildman–Crippen MR) is 329 cm³/mol. The summed E-state index contributed by atoms with van der Waals surface area (Å²) in [6, 6.07) is 20.6. The van der Waals surface area contributed by atoms with Crippen LogP contribution in [-0.4, -0.2) is 259 Å². The molecule has 5 aromatic rings. The summed E-state index contributed by atoms with van der Waals surface area (Å²) < 4.78 is 69.5. The van der Waals surface area contributed by atoms with Crippen LogP contribution in [0.3, 0.4) is 0 Å². The Kier molecular flexibility index (Phi) is 23.3. The summed E-state index contributed by atoms with van der Waals surface area (Å²) in [7, 11) is 0. The van der Waals surface area contributed by atoms with Crippen molar-refractivity contribution in [2.45, 2.75) is 129 Å². The summed E-state index contributed by atoms with van der Waals surface area (Å²) in [6.07, 6.45) is -31.9. The van der Waals surface area contributed by atoms with Crippen molar-refractivity contribution in [1.29, 1.82) is 0 Å². The lowest BCUT2D eigenvalue weighted by molar-refractivity contribution is -0.364. The minimum atomic E-state index is -2.24. The molecule has 4 saturated heterocycles. The first kappa shape index (κ1) is 72.5. The number of rotatable bonds is 22. The highest BCUT2D eigenvalue weighted by Gasteiger charge is 2.53. The first-order valence-electron chi connectivity index (χ1n) is 30.3. The molecule has 99 heavy (non-hydrogen) atoms. The monoisotopic (exact) mass is 1390 g/mol. The van der Waals surface area contributed by atoms with E-state index in [-0.39, 0.29) is 45.4 Å². The van der Waals surface area contributed by atoms with Gasteiger partial charge < -0.3 is 149 Å². The molecule has 0 aliphatic carbocycles. The Morgan fingerprint density at radius 3 is 1.37 bits per heavy atom. The van der Waals surface area contributed by atoms with Gasteiger partial charge in [-0.05, 0) is 89.5 Å². The Bertz CT molecular complexity index is 3750. The van der Waals surface area contributed by atoms with Crippen molar-refractivity contribution in [3.05, 3.63) is 149 Å². The van der Waals surface area contributed by atoms with Crippen LogP contribution in [0.2, 0.25) is 0 Å². The van der Waals surface area contributed by atoms with Gasteiger partial charge in [-0.15, -0.1) is 0 Å². The fraction of sp³-hybridized carbons (Fsp3) is 0.379. The van der Waals surface area contributed by atoms with Crippen LogP contribution in [0, 0.1) is 0 Å². The molecule has 0 spiro atoms. The van der Waals surface area contributed by atoms with Gasteiger partial charge in [0, 0.05) is 35.9 Å². The Labute approximate surface area is 559 Å². The maximum absolute atomic E-state index is 13.4. The second-order valence-corrected chi connectivity index (χ2v) is 23.2. The maximum Gasteiger partial charge on any atom is 0.330 e. The molecular formula is C66H70O33. The Hall–Kier alpha value is -9.21. The maximum atomic E-state index is 13.4. The molecule has 5 aliphatic heterocycles. The molecule has 4 fully saturated rings. The number of hydrogen-bond acceptors (Lipinski definition) is 33. The van der Waals surface area contributed by atoms with Crippen LogP contribution in [0.4, 0.5) is 0 Å². The van der Waals surface area contributed by atoms with Gasteiger partial charge in [0.15, 0.2) is 41.5 Å². The molecule has 0 amide bonds. The number of ether oxygens (including phenoxy) is 12. The van der Waals surface area contributed by atoms with E-state index in [2.05, 4.69) is 0 Å². The van der Waals surface area contributed by atoms with E-state index in [4.69, 9.17) is 56.8 Å². The zero-order valence-electron chi connectivity index (χ0n) is 51.4. The summed E-state index contributed by atoms with van der Waals surface area (Å²) in [6.45, 7) is -3.19. The smallest absolute Gasteiger partial charge is 0.330 e. The number of carbonyl (C=O) groups is 3. The highest BCUT2D eigenvalue weighted by molar-refractivity contribution is 5.88. The quantitative estimate of drug-likeness (QED) is 0.0157. The highest BCUT2D eigenvalue weighted by atomic mass is 16.8. The minimum absolute atomic E-state index is 0.00470. The number of benzene rings is 5. The molecule has 532 valence electrons. The number of esters is 3. The molecule has 0 aromatic heterocycles. The third-order valence-electron chi connectivity index (χ3n) is 16.2. The standard InChI is InChI=1S/C66H70O33/c67-24-43-50(77)54(81)58(85)64(95-43)93-41-22-34(70)21-40-35(41)23-42(61(91-40)31-9-14-36(71)37(72)20-31)94-66-62(99-65-60(87)56(83)52(79)45(97-65)26-89-48(75)17-7-29-3-12-33(69)13-4-29)57(84)53(80)46(98-66)27-90-49(76)18-8-30-5-15-39(38(73)19-30)92-63-59(86)55(82)51(78)44(96-63)25-88-47(74)16-6-28-1-10-32(68)11-2-28/h1-23,43-46,50-73,77-87H,24-27H2. The minimum Gasteiger partial charge on any atom is -0.508 e. The second-order valence-electron chi connectivity index (χ2n) is 23.2. The molecule has 33 nitrogen and oxygen atoms in total. The van der Waals surface area contributed by atoms with Crippen LogP contribution in [0.15, 0.2) is 121 Å². The van der Waals surface area contributed by atoms with Crippen LogP contribution in [-0.2, 0) is 57.0 Å². The number of hydrogen-bond donors (Lipinski definition) is 18. The lowest BCUT2D eigenvalue weighted by Gasteiger charge is -2.46. The number of phenols is 6. The van der Waals surface area contributed by atoms with Crippen LogP contribution in [0.1, 0.15) is 33.9 Å². The molecule has 0 radical (unpaired) electrons. The number of aliphatic hydroxyl groups excluding tert-OH is 12. The third kappa shape index (κ3) is 17.3. The van der Waals surface area contributed by atoms with Gasteiger partial charge in [-0.3, -0.25) is 0 Å². The van der Waals surface area contributed by atoms with Gasteiger partial charge in [0.25, 0.3) is 0 Å². The summed E-state index contributed by atoms with van der Waals surface area (Å²) >= 11 is 0. The molecule has 18 N–H and O–H groups in total. The first-order chi connectivity index (χ1) is 47.2. The number of carbonyl (C=O) groups excluding carboxylic acids is 3. The van der Waals surface area contributed by atoms with Crippen molar-refractivity contribution in [3.63, 3.8) is 0 Å². The van der Waals surface area contributed by atoms with Crippen LogP contribution < -0.4 is 14.2 Å². The van der Waals surface area contributed by atoms with Crippen molar-refractivity contribution in [3.8, 4) is 51.7 Å². The zero-order chi connectivity index (χ0) is 71.1. The summed E-state index contributed by atoms with van der Waals surface area (Å²) in [5.74, 6) is -6.79. The number of aromatic hydroxyl groups is 6. The van der Waals surface area contributed by atoms with Crippen LogP contribution >= 0.6 is 0 Å². The van der Waals surface area contributed by atoms with Gasteiger partial charge in [-0.1, -0.05) is 36.4 Å². The molecule has 33 heteroatoms. The lowest BCUT2D eigenvalue weighted by atomic mass is 9.97. The van der Waals surface area contributed by atoms with Crippen molar-refractivity contribution in [2.24, 2.45) is 0 Å². The zero-order valence-corrected chi connectivity index (χ0v) is 51.4. The normalized spacial score (nSPS) is 31.6. The van der Waals surface area contributed by atoms with E-state index in [0.29, 0.717) is 11.1 Å². The first-order valence-corrected chi connectivity index (χ1v) is 30.3. The van der Waals surface area contributed by atoms with E-state index in [1.807, 2.05) is 0 Å². The van der Waals surface area contributed by atoms with E-state index in [9.17, 15) is 106 Å². The van der Waals surface area contributed by atoms with Crippen LogP contribution in [0.25, 0.3) is 24.3 Å². The average Bonchev–Trinajstić information content (AvgIpc) is 0.775. The molecule has 10 rings (SSSR count). The van der Waals surface area contributed by atoms with Gasteiger partial charge in [-0.25, -0.2) is 14.4 Å². The topological polar surface area (TPSA) is 526 Å². The van der Waals surface area contributed by atoms with Gasteiger partial charge >= 0.3 is 17.9 Å². The Morgan fingerprint density at radius 1 is 0.404 bits per heavy atom. The Morgan fingerprint density at radius 2 is 0.859 bits per heavy atom. The second kappa shape index (κ2) is 31.8. The van der Waals surface area contributed by atoms with Crippen LogP contribution in [0.5, 0.6) is 51.7 Å². The van der Waals surface area contributed by atoms with E-state index in [1.54, 1.807) is 0 Å². The van der Waals surface area contributed by atoms with Crippen molar-refractivity contribution in [1.82, 2.24) is 0 Å². The van der Waals surface area contributed by atoms with E-state index >= 15 is 0 Å². The Balaban J connectivity index is 0.876. The average molecular weight is 1390 g/mol. The summed E-state index contributed by atoms with van der Waals surface area (Å²) in [4.78, 5) is 38.7. The molecule has 21 unspecified atom stereocenters. The molecule has 0 bridgehead atoms. The largest absolute Gasteiger partial charge is 0.508 e. The van der Waals surface area contributed by atoms with E-state index in [0.717, 1.165) is 54.6 Å². The molecule has 0 saturated carbocycles. The summed E-state index contributed by atoms with van der Waals surface area (Å²) in [5, 5.41) is 193. The molecular weight excluding hydrogens is 1320 g/mol. The number of fused-ring (bicyclic) bond motifs is 1. The molecule has 21 atom stereocenters. The van der Waals surface area contributed by atoms with Crippen molar-refractivity contribution < 1.29 is 163 Å². The molecule has 5 heterocycles. The number of aliphatic hydroxyl groups is 12. The fourth-order valence-electron chi connectivity index (χ4n) is 10.7. The van der Waals surface area contributed by atoms with Gasteiger partial charge in [0.05, 0.1) is 12.2 Å². The third-order valence-corrected chi connectivity index (χ3v) is 16.2. The van der Waals surface area contributed by atoms with Gasteiger partial charge in [-0.2, -0.15) is 0 Å². The summed E-state index contributed by atoms with van der Waals surface area (Å²) in [5.41, 5.74) is 0.979. The fourth-order valence-corrected chi connectivity index (χ4v) is 10.7.